The van der Waals surface area contributed by atoms with E-state index in [1.165, 1.54) is 0 Å². The van der Waals surface area contributed by atoms with Crippen LogP contribution in [0.3, 0.4) is 0 Å². The topological polar surface area (TPSA) is 138 Å². The molecule has 0 aromatic carbocycles. The first-order chi connectivity index (χ1) is 18.0. The second-order valence-electron chi connectivity index (χ2n) is 13.0. The first-order valence-electron chi connectivity index (χ1n) is 13.1. The minimum atomic E-state index is -3.62. The average Bonchev–Trinajstić information content (AvgIpc) is 3.00. The minimum absolute atomic E-state index is 0.133. The zero-order valence-electron chi connectivity index (χ0n) is 25.0. The normalized spacial score (nSPS) is 21.8. The lowest BCUT2D eigenvalue weighted by atomic mass is 10.1. The van der Waals surface area contributed by atoms with E-state index in [1.54, 1.807) is 0 Å². The number of carbonyl (C=O) groups is 2. The fraction of sp³-hybridized carbons (Fsp3) is 0.760. The second-order valence-corrected chi connectivity index (χ2v) is 22.5. The number of aliphatic carboxylic acids is 1. The monoisotopic (exact) mass is 607 g/mol. The van der Waals surface area contributed by atoms with Crippen LogP contribution in [0.25, 0.3) is 0 Å². The fourth-order valence-corrected chi connectivity index (χ4v) is 5.59. The van der Waals surface area contributed by atoms with Gasteiger partial charge in [-0.2, -0.15) is 13.8 Å². The Labute approximate surface area is 235 Å². The molecule has 1 aliphatic rings. The quantitative estimate of drug-likeness (QED) is 0.343. The highest BCUT2D eigenvalue weighted by atomic mass is 28.4. The molecule has 1 fully saturated rings. The van der Waals surface area contributed by atoms with E-state index >= 15 is 8.78 Å². The maximum Gasteiger partial charge on any atom is 0.412 e. The summed E-state index contributed by atoms with van der Waals surface area (Å²) in [6, 6.07) is 1.14. The Kier molecular flexibility index (Phi) is 10.2. The fourth-order valence-electron chi connectivity index (χ4n) is 3.28. The number of hydrogen-bond donors (Lipinski definition) is 2. The maximum atomic E-state index is 16.1. The van der Waals surface area contributed by atoms with Gasteiger partial charge in [-0.1, -0.05) is 41.5 Å². The Bertz CT molecular complexity index is 1130. The number of ether oxygens (including phenoxy) is 2. The molecule has 1 saturated heterocycles. The van der Waals surface area contributed by atoms with Crippen LogP contribution in [0.5, 0.6) is 0 Å². The zero-order chi connectivity index (χ0) is 30.9. The Hall–Kier alpha value is -2.21. The van der Waals surface area contributed by atoms with Crippen LogP contribution >= 0.6 is 0 Å². The van der Waals surface area contributed by atoms with Crippen LogP contribution in [0.4, 0.5) is 19.4 Å². The van der Waals surface area contributed by atoms with Gasteiger partial charge in [-0.15, -0.1) is 0 Å². The number of halogens is 2. The molecule has 228 valence electrons. The largest absolute Gasteiger partial charge is 0.481 e. The van der Waals surface area contributed by atoms with Gasteiger partial charge in [0.1, 0.15) is 24.6 Å². The molecular formula is C25H43F2N3O8Si2. The standard InChI is InChI=1S/C25H43F2N3O8Si2/c1-23(2,3)39(7,8)36-15-16-19(38-40(9,10)24(4,5)6)25(26,27)20(37-16)30-13-11-17(28-21(30)33)29-22(34)35-14-12-18(31)32/h11,13,16,19-20H,12,14-15H2,1-10H3,(H,31,32)(H,28,29,33,34)/t16-,19-,20-/m1/s1. The molecule has 3 atom stereocenters. The summed E-state index contributed by atoms with van der Waals surface area (Å²) >= 11 is 0. The number of alkyl halides is 2. The molecule has 1 aromatic rings. The van der Waals surface area contributed by atoms with Crippen molar-refractivity contribution < 1.29 is 41.8 Å². The summed E-state index contributed by atoms with van der Waals surface area (Å²) in [5.74, 6) is -5.03. The third-order valence-corrected chi connectivity index (χ3v) is 16.8. The van der Waals surface area contributed by atoms with Gasteiger partial charge in [0.25, 0.3) is 0 Å². The Morgan fingerprint density at radius 3 is 2.20 bits per heavy atom. The van der Waals surface area contributed by atoms with Crippen molar-refractivity contribution in [1.82, 2.24) is 9.55 Å². The molecule has 0 spiro atoms. The molecule has 0 unspecified atom stereocenters. The van der Waals surface area contributed by atoms with Crippen molar-refractivity contribution in [3.63, 3.8) is 0 Å². The molecule has 1 aliphatic heterocycles. The van der Waals surface area contributed by atoms with Gasteiger partial charge in [-0.25, -0.2) is 9.59 Å². The van der Waals surface area contributed by atoms with Crippen molar-refractivity contribution in [2.75, 3.05) is 18.5 Å². The molecule has 40 heavy (non-hydrogen) atoms. The molecule has 0 saturated carbocycles. The number of carboxylic acids is 1. The lowest BCUT2D eigenvalue weighted by Gasteiger charge is -2.41. The number of carboxylic acid groups (broad SMARTS) is 1. The minimum Gasteiger partial charge on any atom is -0.481 e. The predicted octanol–water partition coefficient (Wildman–Crippen LogP) is 5.21. The predicted molar refractivity (Wildman–Crippen MR) is 150 cm³/mol. The number of aromatic nitrogens is 2. The summed E-state index contributed by atoms with van der Waals surface area (Å²) in [5, 5.41) is 10.3. The first-order valence-corrected chi connectivity index (χ1v) is 18.9. The van der Waals surface area contributed by atoms with Gasteiger partial charge in [-0.3, -0.25) is 14.7 Å². The van der Waals surface area contributed by atoms with Crippen molar-refractivity contribution in [1.29, 1.82) is 0 Å². The molecule has 2 heterocycles. The van der Waals surface area contributed by atoms with Crippen LogP contribution in [0.15, 0.2) is 17.1 Å². The van der Waals surface area contributed by atoms with Crippen LogP contribution in [-0.4, -0.2) is 74.7 Å². The van der Waals surface area contributed by atoms with Gasteiger partial charge >= 0.3 is 23.7 Å². The van der Waals surface area contributed by atoms with Crippen LogP contribution in [0, 0.1) is 0 Å². The van der Waals surface area contributed by atoms with Crippen LogP contribution in [-0.2, 0) is 23.1 Å². The van der Waals surface area contributed by atoms with E-state index in [-0.39, 0.29) is 22.5 Å². The number of rotatable bonds is 10. The summed E-state index contributed by atoms with van der Waals surface area (Å²) in [7, 11) is -5.04. The van der Waals surface area contributed by atoms with Crippen molar-refractivity contribution in [2.45, 2.75) is 109 Å². The third kappa shape index (κ3) is 7.96. The van der Waals surface area contributed by atoms with E-state index in [0.29, 0.717) is 4.57 Å². The average molecular weight is 608 g/mol. The molecular weight excluding hydrogens is 564 g/mol. The summed E-state index contributed by atoms with van der Waals surface area (Å²) in [6.45, 7) is 19.2. The highest BCUT2D eigenvalue weighted by molar-refractivity contribution is 6.74. The molecule has 2 N–H and O–H groups in total. The third-order valence-electron chi connectivity index (χ3n) is 7.85. The van der Waals surface area contributed by atoms with Gasteiger partial charge in [0.2, 0.25) is 6.23 Å². The highest BCUT2D eigenvalue weighted by Gasteiger charge is 2.63. The summed E-state index contributed by atoms with van der Waals surface area (Å²) in [4.78, 5) is 38.9. The van der Waals surface area contributed by atoms with Crippen LogP contribution in [0.1, 0.15) is 54.2 Å². The number of nitrogens with zero attached hydrogens (tertiary/aromatic N) is 2. The van der Waals surface area contributed by atoms with Crippen LogP contribution in [0.2, 0.25) is 36.3 Å². The van der Waals surface area contributed by atoms with Gasteiger partial charge in [0, 0.05) is 6.20 Å². The number of nitrogens with one attached hydrogen (secondary N) is 1. The number of carbonyl (C=O) groups excluding carboxylic acids is 1. The summed E-state index contributed by atoms with van der Waals surface area (Å²) in [5.41, 5.74) is -1.09. The van der Waals surface area contributed by atoms with Gasteiger partial charge in [0.05, 0.1) is 13.0 Å². The Balaban J connectivity index is 2.36. The Morgan fingerprint density at radius 1 is 1.12 bits per heavy atom. The van der Waals surface area contributed by atoms with E-state index < -0.39 is 71.8 Å². The molecule has 0 bridgehead atoms. The van der Waals surface area contributed by atoms with Crippen molar-refractivity contribution in [3.8, 4) is 0 Å². The SMILES string of the molecule is CC(C)(C)[Si](C)(C)OC[C@H]1O[C@@H](n2ccc(NC(=O)OCCC(=O)O)nc2=O)C(F)(F)[C@@H]1O[Si](C)(C)C(C)(C)C. The van der Waals surface area contributed by atoms with Gasteiger partial charge in [-0.05, 0) is 42.3 Å². The Morgan fingerprint density at radius 2 is 1.70 bits per heavy atom. The number of anilines is 1. The molecule has 0 aliphatic carbocycles. The van der Waals surface area contributed by atoms with E-state index in [0.717, 1.165) is 12.3 Å². The van der Waals surface area contributed by atoms with Crippen molar-refractivity contribution in [2.24, 2.45) is 0 Å². The lowest BCUT2D eigenvalue weighted by molar-refractivity contribution is -0.138. The van der Waals surface area contributed by atoms with Crippen molar-refractivity contribution >= 4 is 34.5 Å². The van der Waals surface area contributed by atoms with E-state index in [2.05, 4.69) is 10.3 Å². The van der Waals surface area contributed by atoms with Gasteiger partial charge in [0.15, 0.2) is 16.6 Å². The highest BCUT2D eigenvalue weighted by Crippen LogP contribution is 2.48. The molecule has 11 nitrogen and oxygen atoms in total. The van der Waals surface area contributed by atoms with Crippen molar-refractivity contribution in [3.05, 3.63) is 22.7 Å². The summed E-state index contributed by atoms with van der Waals surface area (Å²) < 4.78 is 55.8. The van der Waals surface area contributed by atoms with E-state index in [4.69, 9.17) is 23.4 Å². The molecule has 1 amide bonds. The second kappa shape index (κ2) is 12.0. The smallest absolute Gasteiger partial charge is 0.412 e. The number of amides is 1. The van der Waals surface area contributed by atoms with Gasteiger partial charge < -0.3 is 23.4 Å². The molecule has 1 aromatic heterocycles. The van der Waals surface area contributed by atoms with E-state index in [9.17, 15) is 14.4 Å². The summed E-state index contributed by atoms with van der Waals surface area (Å²) in [6.07, 6.45) is -5.25. The maximum absolute atomic E-state index is 16.1. The molecule has 0 radical (unpaired) electrons. The first kappa shape index (κ1) is 34.0. The van der Waals surface area contributed by atoms with Crippen LogP contribution < -0.4 is 11.0 Å². The molecule has 15 heteroatoms. The lowest BCUT2D eigenvalue weighted by Crippen LogP contribution is -2.53. The van der Waals surface area contributed by atoms with E-state index in [1.807, 2.05) is 67.7 Å². The zero-order valence-corrected chi connectivity index (χ0v) is 27.0. The number of hydrogen-bond acceptors (Lipinski definition) is 8. The molecule has 2 rings (SSSR count).